The fraction of sp³-hybridized carbons (Fsp3) is 0.727. The zero-order chi connectivity index (χ0) is 10.7. The Kier molecular flexibility index (Phi) is 3.38. The van der Waals surface area contributed by atoms with Crippen molar-refractivity contribution in [3.05, 3.63) is 17.5 Å². The van der Waals surface area contributed by atoms with Crippen LogP contribution in [0, 0.1) is 12.8 Å². The van der Waals surface area contributed by atoms with Gasteiger partial charge < -0.3 is 15.6 Å². The van der Waals surface area contributed by atoms with E-state index in [0.29, 0.717) is 12.0 Å². The highest BCUT2D eigenvalue weighted by Gasteiger charge is 2.25. The van der Waals surface area contributed by atoms with Crippen LogP contribution in [0.4, 0.5) is 0 Å². The average molecular weight is 209 g/mol. The number of aryl methyl sites for hydroxylation is 1. The van der Waals surface area contributed by atoms with Crippen molar-refractivity contribution in [2.45, 2.75) is 38.8 Å². The number of nitrogens with one attached hydrogen (secondary N) is 1. The maximum atomic E-state index is 5.72. The first-order chi connectivity index (χ1) is 7.29. The Balaban J connectivity index is 1.82. The van der Waals surface area contributed by atoms with Crippen LogP contribution in [0.2, 0.25) is 0 Å². The molecule has 1 heterocycles. The van der Waals surface area contributed by atoms with Crippen molar-refractivity contribution in [3.63, 3.8) is 0 Å². The van der Waals surface area contributed by atoms with Crippen molar-refractivity contribution in [1.82, 2.24) is 10.5 Å². The molecule has 1 saturated carbocycles. The minimum Gasteiger partial charge on any atom is -0.361 e. The summed E-state index contributed by atoms with van der Waals surface area (Å²) in [5.74, 6) is 1.51. The third kappa shape index (κ3) is 2.58. The van der Waals surface area contributed by atoms with Gasteiger partial charge in [0.15, 0.2) is 0 Å². The number of nitrogens with zero attached hydrogens (tertiary/aromatic N) is 1. The molecule has 4 heteroatoms. The second-order valence-corrected chi connectivity index (χ2v) is 4.34. The molecule has 84 valence electrons. The fourth-order valence-electron chi connectivity index (χ4n) is 2.32. The minimum absolute atomic E-state index is 0.562. The van der Waals surface area contributed by atoms with Gasteiger partial charge in [-0.2, -0.15) is 0 Å². The molecule has 0 aromatic carbocycles. The summed E-state index contributed by atoms with van der Waals surface area (Å²) < 4.78 is 5.02. The van der Waals surface area contributed by atoms with Crippen molar-refractivity contribution in [2.24, 2.45) is 11.7 Å². The van der Waals surface area contributed by atoms with E-state index in [2.05, 4.69) is 10.5 Å². The van der Waals surface area contributed by atoms with Crippen LogP contribution in [0.1, 0.15) is 30.7 Å². The van der Waals surface area contributed by atoms with Gasteiger partial charge in [-0.1, -0.05) is 11.6 Å². The smallest absolute Gasteiger partial charge is 0.133 e. The monoisotopic (exact) mass is 209 g/mol. The summed E-state index contributed by atoms with van der Waals surface area (Å²) in [6, 6.07) is 2.53. The van der Waals surface area contributed by atoms with Gasteiger partial charge in [0.1, 0.15) is 5.76 Å². The molecule has 0 amide bonds. The summed E-state index contributed by atoms with van der Waals surface area (Å²) in [5.41, 5.74) is 6.70. The van der Waals surface area contributed by atoms with Crippen LogP contribution in [-0.4, -0.2) is 17.7 Å². The maximum absolute atomic E-state index is 5.72. The first-order valence-electron chi connectivity index (χ1n) is 5.65. The lowest BCUT2D eigenvalue weighted by Gasteiger charge is -2.18. The van der Waals surface area contributed by atoms with Gasteiger partial charge in [-0.25, -0.2) is 0 Å². The third-order valence-electron chi connectivity index (χ3n) is 3.18. The van der Waals surface area contributed by atoms with Crippen molar-refractivity contribution in [1.29, 1.82) is 0 Å². The van der Waals surface area contributed by atoms with Crippen LogP contribution in [0.3, 0.4) is 0 Å². The topological polar surface area (TPSA) is 64.1 Å². The minimum atomic E-state index is 0.562. The predicted octanol–water partition coefficient (Wildman–Crippen LogP) is 1.20. The summed E-state index contributed by atoms with van der Waals surface area (Å²) >= 11 is 0. The molecule has 0 spiro atoms. The molecule has 2 atom stereocenters. The lowest BCUT2D eigenvalue weighted by molar-refractivity contribution is 0.373. The molecule has 1 aliphatic rings. The lowest BCUT2D eigenvalue weighted by atomic mass is 10.0. The van der Waals surface area contributed by atoms with Gasteiger partial charge in [-0.3, -0.25) is 0 Å². The number of hydrogen-bond acceptors (Lipinski definition) is 4. The standard InChI is InChI=1S/C11H19N3O/c1-8-5-10(14-15-8)7-13-11-4-2-3-9(11)6-12/h5,9,11,13H,2-4,6-7,12H2,1H3. The van der Waals surface area contributed by atoms with Crippen LogP contribution in [0.25, 0.3) is 0 Å². The highest BCUT2D eigenvalue weighted by molar-refractivity contribution is 5.03. The molecule has 2 rings (SSSR count). The van der Waals surface area contributed by atoms with Crippen molar-refractivity contribution in [3.8, 4) is 0 Å². The molecular formula is C11H19N3O. The molecule has 1 aliphatic carbocycles. The molecule has 1 aromatic rings. The van der Waals surface area contributed by atoms with E-state index in [4.69, 9.17) is 10.3 Å². The number of nitrogens with two attached hydrogens (primary N) is 1. The molecule has 1 fully saturated rings. The average Bonchev–Trinajstić information content (AvgIpc) is 2.83. The van der Waals surface area contributed by atoms with E-state index in [1.54, 1.807) is 0 Å². The van der Waals surface area contributed by atoms with Gasteiger partial charge in [-0.05, 0) is 32.2 Å². The quantitative estimate of drug-likeness (QED) is 0.782. The second-order valence-electron chi connectivity index (χ2n) is 4.34. The zero-order valence-corrected chi connectivity index (χ0v) is 9.20. The van der Waals surface area contributed by atoms with Crippen molar-refractivity contribution in [2.75, 3.05) is 6.54 Å². The van der Waals surface area contributed by atoms with E-state index >= 15 is 0 Å². The molecule has 4 nitrogen and oxygen atoms in total. The molecule has 15 heavy (non-hydrogen) atoms. The van der Waals surface area contributed by atoms with E-state index in [9.17, 15) is 0 Å². The Hall–Kier alpha value is -0.870. The first-order valence-corrected chi connectivity index (χ1v) is 5.65. The van der Waals surface area contributed by atoms with Gasteiger partial charge in [0, 0.05) is 18.7 Å². The van der Waals surface area contributed by atoms with Crippen LogP contribution in [0.15, 0.2) is 10.6 Å². The van der Waals surface area contributed by atoms with E-state index in [1.807, 2.05) is 13.0 Å². The SMILES string of the molecule is Cc1cc(CNC2CCCC2CN)no1. The number of rotatable bonds is 4. The molecule has 3 N–H and O–H groups in total. The van der Waals surface area contributed by atoms with Crippen LogP contribution in [-0.2, 0) is 6.54 Å². The molecule has 0 radical (unpaired) electrons. The molecule has 0 aliphatic heterocycles. The van der Waals surface area contributed by atoms with Crippen LogP contribution >= 0.6 is 0 Å². The van der Waals surface area contributed by atoms with Crippen molar-refractivity contribution < 1.29 is 4.52 Å². The summed E-state index contributed by atoms with van der Waals surface area (Å²) in [7, 11) is 0. The Morgan fingerprint density at radius 3 is 3.13 bits per heavy atom. The first kappa shape index (κ1) is 10.6. The van der Waals surface area contributed by atoms with E-state index in [1.165, 1.54) is 19.3 Å². The van der Waals surface area contributed by atoms with Gasteiger partial charge >= 0.3 is 0 Å². The maximum Gasteiger partial charge on any atom is 0.133 e. The summed E-state index contributed by atoms with van der Waals surface area (Å²) in [6.45, 7) is 3.49. The molecule has 2 unspecified atom stereocenters. The van der Waals surface area contributed by atoms with Gasteiger partial charge in [0.25, 0.3) is 0 Å². The van der Waals surface area contributed by atoms with Gasteiger partial charge in [0.2, 0.25) is 0 Å². The molecular weight excluding hydrogens is 190 g/mol. The summed E-state index contributed by atoms with van der Waals surface area (Å²) in [4.78, 5) is 0. The van der Waals surface area contributed by atoms with Crippen LogP contribution < -0.4 is 11.1 Å². The van der Waals surface area contributed by atoms with E-state index in [0.717, 1.165) is 24.5 Å². The third-order valence-corrected chi connectivity index (χ3v) is 3.18. The van der Waals surface area contributed by atoms with E-state index in [-0.39, 0.29) is 0 Å². The van der Waals surface area contributed by atoms with Crippen LogP contribution in [0.5, 0.6) is 0 Å². The van der Waals surface area contributed by atoms with E-state index < -0.39 is 0 Å². The molecule has 0 saturated heterocycles. The Morgan fingerprint density at radius 1 is 1.60 bits per heavy atom. The number of aromatic nitrogens is 1. The molecule has 0 bridgehead atoms. The lowest BCUT2D eigenvalue weighted by Crippen LogP contribution is -2.35. The summed E-state index contributed by atoms with van der Waals surface area (Å²) in [5, 5.41) is 7.47. The van der Waals surface area contributed by atoms with Gasteiger partial charge in [-0.15, -0.1) is 0 Å². The largest absolute Gasteiger partial charge is 0.361 e. The van der Waals surface area contributed by atoms with Crippen molar-refractivity contribution >= 4 is 0 Å². The summed E-state index contributed by atoms with van der Waals surface area (Å²) in [6.07, 6.45) is 3.78. The molecule has 1 aromatic heterocycles. The van der Waals surface area contributed by atoms with Gasteiger partial charge in [0.05, 0.1) is 5.69 Å². The fourth-order valence-corrected chi connectivity index (χ4v) is 2.32. The number of hydrogen-bond donors (Lipinski definition) is 2. The Labute approximate surface area is 90.2 Å². The zero-order valence-electron chi connectivity index (χ0n) is 9.20. The Morgan fingerprint density at radius 2 is 2.47 bits per heavy atom. The predicted molar refractivity (Wildman–Crippen MR) is 58.3 cm³/mol. The normalized spacial score (nSPS) is 26.0. The Bertz CT molecular complexity index is 311. The highest BCUT2D eigenvalue weighted by atomic mass is 16.5. The second kappa shape index (κ2) is 4.77. The highest BCUT2D eigenvalue weighted by Crippen LogP contribution is 2.24.